The highest BCUT2D eigenvalue weighted by Gasteiger charge is 2.37. The summed E-state index contributed by atoms with van der Waals surface area (Å²) in [4.78, 5) is 30.2. The van der Waals surface area contributed by atoms with E-state index in [1.807, 2.05) is 97.1 Å². The minimum Gasteiger partial charge on any atom is -0.208 e. The molecule has 0 atom stereocenters. The maximum absolute atomic E-state index is 5.16. The smallest absolute Gasteiger partial charge is 0.164 e. The highest BCUT2D eigenvalue weighted by molar-refractivity contribution is 5.93. The number of aromatic nitrogens is 6. The van der Waals surface area contributed by atoms with E-state index in [1.165, 1.54) is 16.7 Å². The molecular formula is C57H40N6. The van der Waals surface area contributed by atoms with E-state index < -0.39 is 0 Å². The Hall–Kier alpha value is -8.22. The molecule has 8 aromatic carbocycles. The second-order valence-corrected chi connectivity index (χ2v) is 16.4. The summed E-state index contributed by atoms with van der Waals surface area (Å²) < 4.78 is 0. The highest BCUT2D eigenvalue weighted by atomic mass is 15.0. The number of hydrogen-bond acceptors (Lipinski definition) is 6. The van der Waals surface area contributed by atoms with E-state index in [2.05, 4.69) is 123 Å². The Balaban J connectivity index is 0.992. The van der Waals surface area contributed by atoms with E-state index in [4.69, 9.17) is 29.9 Å². The molecular weight excluding hydrogens is 769 g/mol. The van der Waals surface area contributed by atoms with Crippen LogP contribution in [0.5, 0.6) is 0 Å². The number of rotatable bonds is 8. The van der Waals surface area contributed by atoms with Crippen molar-refractivity contribution in [3.05, 3.63) is 217 Å². The van der Waals surface area contributed by atoms with Gasteiger partial charge < -0.3 is 0 Å². The van der Waals surface area contributed by atoms with Crippen molar-refractivity contribution in [2.45, 2.75) is 19.3 Å². The number of hydrogen-bond donors (Lipinski definition) is 0. The van der Waals surface area contributed by atoms with Crippen molar-refractivity contribution in [2.75, 3.05) is 0 Å². The van der Waals surface area contributed by atoms with Crippen LogP contribution < -0.4 is 0 Å². The highest BCUT2D eigenvalue weighted by Crippen LogP contribution is 2.53. The Bertz CT molecular complexity index is 3180. The van der Waals surface area contributed by atoms with Crippen LogP contribution in [0.2, 0.25) is 0 Å². The van der Waals surface area contributed by atoms with Gasteiger partial charge in [0, 0.05) is 38.8 Å². The molecule has 0 fully saturated rings. The molecule has 6 nitrogen and oxygen atoms in total. The van der Waals surface area contributed by atoms with Gasteiger partial charge in [0.2, 0.25) is 0 Å². The lowest BCUT2D eigenvalue weighted by molar-refractivity contribution is 0.660. The Kier molecular flexibility index (Phi) is 9.39. The molecule has 0 saturated heterocycles. The molecule has 2 aromatic heterocycles. The minimum atomic E-state index is -0.227. The molecule has 0 saturated carbocycles. The third-order valence-electron chi connectivity index (χ3n) is 12.0. The van der Waals surface area contributed by atoms with E-state index in [1.54, 1.807) is 0 Å². The van der Waals surface area contributed by atoms with Crippen molar-refractivity contribution in [1.29, 1.82) is 0 Å². The molecule has 0 N–H and O–H groups in total. The van der Waals surface area contributed by atoms with Gasteiger partial charge in [0.25, 0.3) is 0 Å². The zero-order chi connectivity index (χ0) is 42.3. The summed E-state index contributed by atoms with van der Waals surface area (Å²) in [7, 11) is 0. The second kappa shape index (κ2) is 15.7. The second-order valence-electron chi connectivity index (χ2n) is 16.4. The molecule has 0 radical (unpaired) electrons. The van der Waals surface area contributed by atoms with Crippen LogP contribution >= 0.6 is 0 Å². The summed E-state index contributed by atoms with van der Waals surface area (Å²) >= 11 is 0. The van der Waals surface area contributed by atoms with E-state index in [0.717, 1.165) is 61.2 Å². The normalized spacial score (nSPS) is 12.4. The van der Waals surface area contributed by atoms with Gasteiger partial charge in [-0.2, -0.15) is 0 Å². The van der Waals surface area contributed by atoms with Crippen molar-refractivity contribution >= 4 is 0 Å². The average molecular weight is 809 g/mol. The molecule has 63 heavy (non-hydrogen) atoms. The fourth-order valence-electron chi connectivity index (χ4n) is 8.75. The van der Waals surface area contributed by atoms with Crippen molar-refractivity contribution in [2.24, 2.45) is 0 Å². The van der Waals surface area contributed by atoms with E-state index in [-0.39, 0.29) is 5.41 Å². The van der Waals surface area contributed by atoms with E-state index in [0.29, 0.717) is 34.9 Å². The number of benzene rings is 8. The fraction of sp³-hybridized carbons (Fsp3) is 0.0526. The monoisotopic (exact) mass is 808 g/mol. The Morgan fingerprint density at radius 3 is 1.06 bits per heavy atom. The first-order valence-corrected chi connectivity index (χ1v) is 21.2. The molecule has 0 spiro atoms. The first kappa shape index (κ1) is 37.8. The van der Waals surface area contributed by atoms with Crippen molar-refractivity contribution in [1.82, 2.24) is 29.9 Å². The average Bonchev–Trinajstić information content (AvgIpc) is 3.60. The lowest BCUT2D eigenvalue weighted by Gasteiger charge is -2.21. The molecule has 0 unspecified atom stereocenters. The Morgan fingerprint density at radius 2 is 0.603 bits per heavy atom. The van der Waals surface area contributed by atoms with E-state index >= 15 is 0 Å². The van der Waals surface area contributed by atoms with Crippen LogP contribution in [0.1, 0.15) is 25.0 Å². The van der Waals surface area contributed by atoms with Crippen LogP contribution in [-0.4, -0.2) is 29.9 Å². The topological polar surface area (TPSA) is 77.3 Å². The van der Waals surface area contributed by atoms with Crippen LogP contribution in [0.15, 0.2) is 206 Å². The number of fused-ring (bicyclic) bond motifs is 3. The lowest BCUT2D eigenvalue weighted by Crippen LogP contribution is -2.14. The molecule has 298 valence electrons. The Morgan fingerprint density at radius 1 is 0.254 bits per heavy atom. The first-order chi connectivity index (χ1) is 31.0. The Labute approximate surface area is 366 Å². The predicted octanol–water partition coefficient (Wildman–Crippen LogP) is 13.7. The zero-order valence-corrected chi connectivity index (χ0v) is 34.8. The molecule has 0 amide bonds. The molecule has 10 aromatic rings. The summed E-state index contributed by atoms with van der Waals surface area (Å²) in [6.07, 6.45) is 0. The summed E-state index contributed by atoms with van der Waals surface area (Å²) in [6, 6.07) is 71.2. The third kappa shape index (κ3) is 7.07. The minimum absolute atomic E-state index is 0.227. The van der Waals surface area contributed by atoms with Gasteiger partial charge >= 0.3 is 0 Å². The molecule has 1 aliphatic rings. The van der Waals surface area contributed by atoms with Gasteiger partial charge in [-0.3, -0.25) is 0 Å². The van der Waals surface area contributed by atoms with Crippen molar-refractivity contribution in [3.8, 4) is 102 Å². The van der Waals surface area contributed by atoms with Gasteiger partial charge in [0.05, 0.1) is 0 Å². The van der Waals surface area contributed by atoms with Crippen LogP contribution in [0.25, 0.3) is 102 Å². The summed E-state index contributed by atoms with van der Waals surface area (Å²) in [5, 5.41) is 0. The number of nitrogens with zero attached hydrogens (tertiary/aromatic N) is 6. The summed E-state index contributed by atoms with van der Waals surface area (Å²) in [5.74, 6) is 3.85. The molecule has 11 rings (SSSR count). The quantitative estimate of drug-likeness (QED) is 0.152. The van der Waals surface area contributed by atoms with E-state index in [9.17, 15) is 0 Å². The van der Waals surface area contributed by atoms with Crippen LogP contribution in [0, 0.1) is 0 Å². The zero-order valence-electron chi connectivity index (χ0n) is 34.8. The van der Waals surface area contributed by atoms with Gasteiger partial charge in [-0.1, -0.05) is 202 Å². The first-order valence-electron chi connectivity index (χ1n) is 21.2. The van der Waals surface area contributed by atoms with Crippen LogP contribution in [0.4, 0.5) is 0 Å². The summed E-state index contributed by atoms with van der Waals surface area (Å²) in [5.41, 5.74) is 14.8. The molecule has 0 aliphatic heterocycles. The van der Waals surface area contributed by atoms with Crippen LogP contribution in [-0.2, 0) is 5.41 Å². The standard InChI is InChI=1S/C57H40N6/c1-57(2)48-33-32-44(36-47(48)50-46(30-17-31-49(50)57)56-62-53(39-22-11-5-12-23-39)59-54(63-56)40-24-13-6-14-25-40)42-27-15-26-41(34-42)43-28-16-29-45(35-43)55-60-51(37-18-7-3-8-19-37)58-52(61-55)38-20-9-4-10-21-38/h3-36H,1-2H3. The molecule has 2 heterocycles. The van der Waals surface area contributed by atoms with Gasteiger partial charge in [-0.05, 0) is 62.7 Å². The SMILES string of the molecule is CC1(C)c2ccc(-c3cccc(-c4cccc(-c5nc(-c6ccccc6)nc(-c6ccccc6)n5)c4)c3)cc2-c2c(-c3nc(-c4ccccc4)nc(-c4ccccc4)n3)cccc21. The molecule has 0 bridgehead atoms. The van der Waals surface area contributed by atoms with Gasteiger partial charge in [0.15, 0.2) is 34.9 Å². The lowest BCUT2D eigenvalue weighted by atomic mass is 9.82. The van der Waals surface area contributed by atoms with Gasteiger partial charge in [0.1, 0.15) is 0 Å². The van der Waals surface area contributed by atoms with Crippen molar-refractivity contribution in [3.63, 3.8) is 0 Å². The molecule has 6 heteroatoms. The third-order valence-corrected chi connectivity index (χ3v) is 12.0. The maximum atomic E-state index is 5.16. The maximum Gasteiger partial charge on any atom is 0.164 e. The fourth-order valence-corrected chi connectivity index (χ4v) is 8.75. The largest absolute Gasteiger partial charge is 0.208 e. The van der Waals surface area contributed by atoms with Crippen molar-refractivity contribution < 1.29 is 0 Å². The molecule has 1 aliphatic carbocycles. The van der Waals surface area contributed by atoms with Crippen LogP contribution in [0.3, 0.4) is 0 Å². The predicted molar refractivity (Wildman–Crippen MR) is 254 cm³/mol. The van der Waals surface area contributed by atoms with Gasteiger partial charge in [-0.25, -0.2) is 29.9 Å². The summed E-state index contributed by atoms with van der Waals surface area (Å²) in [6.45, 7) is 4.62. The van der Waals surface area contributed by atoms with Gasteiger partial charge in [-0.15, -0.1) is 0 Å².